The van der Waals surface area contributed by atoms with Crippen LogP contribution >= 0.6 is 27.3 Å². The first-order valence-corrected chi connectivity index (χ1v) is 6.48. The minimum absolute atomic E-state index is 0.858. The fourth-order valence-electron chi connectivity index (χ4n) is 1.62. The largest absolute Gasteiger partial charge is 0.282 e. The highest BCUT2D eigenvalue weighted by molar-refractivity contribution is 9.10. The third-order valence-electron chi connectivity index (χ3n) is 2.44. The van der Waals surface area contributed by atoms with Crippen LogP contribution in [0.4, 0.5) is 0 Å². The zero-order valence-corrected chi connectivity index (χ0v) is 10.9. The molecule has 0 aliphatic rings. The van der Waals surface area contributed by atoms with Gasteiger partial charge < -0.3 is 0 Å². The summed E-state index contributed by atoms with van der Waals surface area (Å²) in [5.41, 5.74) is 2.10. The van der Waals surface area contributed by atoms with E-state index in [1.54, 1.807) is 11.3 Å². The van der Waals surface area contributed by atoms with Crippen molar-refractivity contribution in [3.05, 3.63) is 39.8 Å². The molecular weight excluding hydrogens is 286 g/mol. The third kappa shape index (κ3) is 1.47. The van der Waals surface area contributed by atoms with E-state index in [1.165, 1.54) is 10.4 Å². The quantitative estimate of drug-likeness (QED) is 0.687. The topological polar surface area (TPSA) is 30.2 Å². The third-order valence-corrected chi connectivity index (χ3v) is 3.94. The van der Waals surface area contributed by atoms with E-state index in [4.69, 9.17) is 0 Å². The van der Waals surface area contributed by atoms with Gasteiger partial charge in [0.25, 0.3) is 0 Å². The fraction of sp³-hybridized carbons (Fsp3) is 0.0909. The number of rotatable bonds is 1. The Morgan fingerprint density at radius 2 is 2.19 bits per heavy atom. The van der Waals surface area contributed by atoms with Gasteiger partial charge in [0.2, 0.25) is 0 Å². The molecule has 5 heteroatoms. The summed E-state index contributed by atoms with van der Waals surface area (Å²) in [6.07, 6.45) is 1.98. The molecule has 0 bridgehead atoms. The Labute approximate surface area is 105 Å². The van der Waals surface area contributed by atoms with Crippen LogP contribution < -0.4 is 0 Å². The van der Waals surface area contributed by atoms with Crippen molar-refractivity contribution in [1.29, 1.82) is 0 Å². The number of hydrogen-bond donors (Lipinski definition) is 0. The number of hydrogen-bond acceptors (Lipinski definition) is 3. The van der Waals surface area contributed by atoms with E-state index in [2.05, 4.69) is 44.5 Å². The van der Waals surface area contributed by atoms with Crippen LogP contribution in [0.25, 0.3) is 16.3 Å². The number of aromatic nitrogens is 3. The van der Waals surface area contributed by atoms with E-state index in [1.807, 2.05) is 22.7 Å². The zero-order chi connectivity index (χ0) is 11.1. The first kappa shape index (κ1) is 9.99. The predicted molar refractivity (Wildman–Crippen MR) is 68.7 cm³/mol. The Hall–Kier alpha value is -1.20. The molecule has 16 heavy (non-hydrogen) atoms. The van der Waals surface area contributed by atoms with Crippen molar-refractivity contribution in [1.82, 2.24) is 14.6 Å². The molecule has 0 aliphatic heterocycles. The summed E-state index contributed by atoms with van der Waals surface area (Å²) in [6, 6.07) is 6.04. The summed E-state index contributed by atoms with van der Waals surface area (Å²) in [4.78, 5) is 1.18. The molecule has 0 atom stereocenters. The Balaban J connectivity index is 2.30. The molecule has 0 N–H and O–H groups in total. The van der Waals surface area contributed by atoms with Gasteiger partial charge in [0.1, 0.15) is 0 Å². The molecule has 80 valence electrons. The number of nitrogens with zero attached hydrogens (tertiary/aromatic N) is 3. The van der Waals surface area contributed by atoms with Gasteiger partial charge in [-0.3, -0.25) is 4.40 Å². The normalized spacial score (nSPS) is 11.1. The monoisotopic (exact) mass is 293 g/mol. The smallest absolute Gasteiger partial charge is 0.178 e. The second-order valence-corrected chi connectivity index (χ2v) is 5.36. The van der Waals surface area contributed by atoms with Crippen LogP contribution in [-0.4, -0.2) is 14.6 Å². The van der Waals surface area contributed by atoms with Gasteiger partial charge in [-0.2, -0.15) is 0 Å². The standard InChI is InChI=1S/C11H8BrN3S/c1-7-3-5-16-10(7)11-14-13-9-6-8(12)2-4-15(9)11/h2-6H,1H3. The molecule has 3 aromatic heterocycles. The Kier molecular flexibility index (Phi) is 2.29. The fourth-order valence-corrected chi connectivity index (χ4v) is 2.85. The SMILES string of the molecule is Cc1ccsc1-c1nnc2cc(Br)ccn12. The molecule has 3 rings (SSSR count). The van der Waals surface area contributed by atoms with Crippen LogP contribution in [0.1, 0.15) is 5.56 Å². The van der Waals surface area contributed by atoms with Gasteiger partial charge in [-0.15, -0.1) is 21.5 Å². The molecule has 3 heterocycles. The number of aryl methyl sites for hydroxylation is 1. The second kappa shape index (κ2) is 3.68. The molecule has 0 saturated carbocycles. The van der Waals surface area contributed by atoms with Crippen molar-refractivity contribution >= 4 is 32.9 Å². The van der Waals surface area contributed by atoms with Gasteiger partial charge in [-0.25, -0.2) is 0 Å². The van der Waals surface area contributed by atoms with Crippen LogP contribution in [0.3, 0.4) is 0 Å². The number of thiophene rings is 1. The molecule has 0 spiro atoms. The Morgan fingerprint density at radius 1 is 1.31 bits per heavy atom. The summed E-state index contributed by atoms with van der Waals surface area (Å²) >= 11 is 5.12. The first-order chi connectivity index (χ1) is 7.75. The highest BCUT2D eigenvalue weighted by Gasteiger charge is 2.11. The lowest BCUT2D eigenvalue weighted by molar-refractivity contribution is 1.11. The molecule has 3 aromatic rings. The van der Waals surface area contributed by atoms with Crippen molar-refractivity contribution in [3.8, 4) is 10.7 Å². The van der Waals surface area contributed by atoms with Gasteiger partial charge in [-0.05, 0) is 36.1 Å². The van der Waals surface area contributed by atoms with E-state index in [9.17, 15) is 0 Å². The first-order valence-electron chi connectivity index (χ1n) is 4.80. The lowest BCUT2D eigenvalue weighted by Gasteiger charge is -1.98. The van der Waals surface area contributed by atoms with Gasteiger partial charge in [0.05, 0.1) is 4.88 Å². The lowest BCUT2D eigenvalue weighted by atomic mass is 10.3. The maximum absolute atomic E-state index is 4.24. The molecular formula is C11H8BrN3S. The maximum atomic E-state index is 4.24. The lowest BCUT2D eigenvalue weighted by Crippen LogP contribution is -1.87. The van der Waals surface area contributed by atoms with E-state index in [0.29, 0.717) is 0 Å². The van der Waals surface area contributed by atoms with Crippen molar-refractivity contribution in [2.75, 3.05) is 0 Å². The average Bonchev–Trinajstić information content (AvgIpc) is 2.83. The van der Waals surface area contributed by atoms with E-state index in [0.717, 1.165) is 15.9 Å². The van der Waals surface area contributed by atoms with Crippen LogP contribution in [-0.2, 0) is 0 Å². The van der Waals surface area contributed by atoms with Crippen LogP contribution in [0.5, 0.6) is 0 Å². The van der Waals surface area contributed by atoms with Crippen molar-refractivity contribution in [3.63, 3.8) is 0 Å². The molecule has 0 amide bonds. The van der Waals surface area contributed by atoms with Crippen molar-refractivity contribution in [2.45, 2.75) is 6.92 Å². The van der Waals surface area contributed by atoms with Gasteiger partial charge in [0.15, 0.2) is 11.5 Å². The van der Waals surface area contributed by atoms with Gasteiger partial charge >= 0.3 is 0 Å². The van der Waals surface area contributed by atoms with Crippen LogP contribution in [0.2, 0.25) is 0 Å². The van der Waals surface area contributed by atoms with Crippen molar-refractivity contribution in [2.24, 2.45) is 0 Å². The molecule has 3 nitrogen and oxygen atoms in total. The Morgan fingerprint density at radius 3 is 2.94 bits per heavy atom. The summed E-state index contributed by atoms with van der Waals surface area (Å²) in [5.74, 6) is 0.912. The van der Waals surface area contributed by atoms with Crippen LogP contribution in [0.15, 0.2) is 34.2 Å². The molecule has 0 aliphatic carbocycles. The van der Waals surface area contributed by atoms with E-state index >= 15 is 0 Å². The Bertz CT molecular complexity index is 656. The van der Waals surface area contributed by atoms with E-state index in [-0.39, 0.29) is 0 Å². The second-order valence-electron chi connectivity index (χ2n) is 3.53. The maximum Gasteiger partial charge on any atom is 0.178 e. The van der Waals surface area contributed by atoms with Crippen LogP contribution in [0, 0.1) is 6.92 Å². The number of fused-ring (bicyclic) bond motifs is 1. The van der Waals surface area contributed by atoms with Crippen molar-refractivity contribution < 1.29 is 0 Å². The predicted octanol–water partition coefficient (Wildman–Crippen LogP) is 3.53. The zero-order valence-electron chi connectivity index (χ0n) is 8.51. The minimum atomic E-state index is 0.858. The highest BCUT2D eigenvalue weighted by atomic mass is 79.9. The molecule has 0 unspecified atom stereocenters. The summed E-state index contributed by atoms with van der Waals surface area (Å²) < 4.78 is 3.02. The molecule has 0 radical (unpaired) electrons. The summed E-state index contributed by atoms with van der Waals surface area (Å²) in [6.45, 7) is 2.09. The van der Waals surface area contributed by atoms with E-state index < -0.39 is 0 Å². The van der Waals surface area contributed by atoms with Gasteiger partial charge in [-0.1, -0.05) is 15.9 Å². The summed E-state index contributed by atoms with van der Waals surface area (Å²) in [7, 11) is 0. The van der Waals surface area contributed by atoms with Gasteiger partial charge in [0, 0.05) is 10.7 Å². The molecule has 0 fully saturated rings. The number of halogens is 1. The highest BCUT2D eigenvalue weighted by Crippen LogP contribution is 2.28. The molecule has 0 aromatic carbocycles. The number of pyridine rings is 1. The molecule has 0 saturated heterocycles. The minimum Gasteiger partial charge on any atom is -0.282 e. The average molecular weight is 294 g/mol. The summed E-state index contributed by atoms with van der Waals surface area (Å²) in [5, 5.41) is 10.5.